The molecule has 6 heteroatoms. The molecule has 0 unspecified atom stereocenters. The Balaban J connectivity index is 2.39. The maximum Gasteiger partial charge on any atom is 0.211 e. The number of benzene rings is 1. The summed E-state index contributed by atoms with van der Waals surface area (Å²) in [6.07, 6.45) is 0.517. The minimum absolute atomic E-state index is 0.0356. The highest BCUT2D eigenvalue weighted by Crippen LogP contribution is 2.42. The van der Waals surface area contributed by atoms with Gasteiger partial charge in [-0.3, -0.25) is 9.48 Å². The van der Waals surface area contributed by atoms with E-state index in [-0.39, 0.29) is 5.43 Å². The van der Waals surface area contributed by atoms with Crippen molar-refractivity contribution in [3.8, 4) is 0 Å². The smallest absolute Gasteiger partial charge is 0.211 e. The van der Waals surface area contributed by atoms with E-state index >= 15 is 0 Å². The third kappa shape index (κ3) is 4.71. The lowest BCUT2D eigenvalue weighted by Gasteiger charge is -2.42. The van der Waals surface area contributed by atoms with Crippen LogP contribution in [0.4, 0.5) is 0 Å². The second kappa shape index (κ2) is 9.33. The summed E-state index contributed by atoms with van der Waals surface area (Å²) < 4.78 is 8.50. The van der Waals surface area contributed by atoms with E-state index in [0.717, 1.165) is 11.1 Å². The lowest BCUT2D eigenvalue weighted by atomic mass is 9.97. The van der Waals surface area contributed by atoms with Gasteiger partial charge in [-0.1, -0.05) is 47.6 Å². The summed E-state index contributed by atoms with van der Waals surface area (Å²) in [4.78, 5) is 13.1. The predicted octanol–water partition coefficient (Wildman–Crippen LogP) is 5.38. The normalized spacial score (nSPS) is 13.2. The molecule has 0 saturated heterocycles. The molecule has 1 aromatic carbocycles. The molecule has 1 aromatic heterocycles. The van der Waals surface area contributed by atoms with Gasteiger partial charge < -0.3 is 9.53 Å². The van der Waals surface area contributed by atoms with Crippen molar-refractivity contribution in [3.05, 3.63) is 39.7 Å². The first-order valence-electron chi connectivity index (χ1n) is 11.3. The molecule has 30 heavy (non-hydrogen) atoms. The summed E-state index contributed by atoms with van der Waals surface area (Å²) in [6.45, 7) is 20.3. The van der Waals surface area contributed by atoms with E-state index in [2.05, 4.69) is 46.6 Å². The Bertz CT molecular complexity index is 905. The molecule has 5 nitrogen and oxygen atoms in total. The molecule has 0 amide bonds. The fourth-order valence-electron chi connectivity index (χ4n) is 4.95. The highest BCUT2D eigenvalue weighted by molar-refractivity contribution is 6.77. The number of fused-ring (bicyclic) bond motifs is 1. The van der Waals surface area contributed by atoms with Crippen molar-refractivity contribution < 1.29 is 9.53 Å². The van der Waals surface area contributed by atoms with Crippen LogP contribution in [0.15, 0.2) is 23.0 Å². The number of aryl methyl sites for hydroxylation is 1. The van der Waals surface area contributed by atoms with Crippen molar-refractivity contribution in [2.45, 2.75) is 97.5 Å². The summed E-state index contributed by atoms with van der Waals surface area (Å²) in [5.74, 6) is 0. The van der Waals surface area contributed by atoms with Crippen LogP contribution in [-0.4, -0.2) is 29.8 Å². The molecule has 0 aliphatic rings. The van der Waals surface area contributed by atoms with Crippen molar-refractivity contribution in [1.82, 2.24) is 9.78 Å². The Morgan fingerprint density at radius 1 is 1.10 bits per heavy atom. The van der Waals surface area contributed by atoms with E-state index in [4.69, 9.17) is 4.43 Å². The molecule has 0 radical (unpaired) electrons. The number of aliphatic hydroxyl groups is 1. The highest BCUT2D eigenvalue weighted by Gasteiger charge is 2.44. The quantitative estimate of drug-likeness (QED) is 0.540. The molecule has 2 rings (SSSR count). The number of rotatable bonds is 9. The van der Waals surface area contributed by atoms with E-state index in [0.29, 0.717) is 47.3 Å². The van der Waals surface area contributed by atoms with Gasteiger partial charge in [-0.2, -0.15) is 5.10 Å². The molecule has 1 heterocycles. The first-order chi connectivity index (χ1) is 13.9. The summed E-state index contributed by atoms with van der Waals surface area (Å²) >= 11 is 0. The molecule has 0 aliphatic carbocycles. The van der Waals surface area contributed by atoms with Gasteiger partial charge in [-0.05, 0) is 55.1 Å². The summed E-state index contributed by atoms with van der Waals surface area (Å²) in [5, 5.41) is 15.6. The third-order valence-corrected chi connectivity index (χ3v) is 12.5. The minimum Gasteiger partial charge on any atom is -0.416 e. The van der Waals surface area contributed by atoms with Gasteiger partial charge >= 0.3 is 0 Å². The second-order valence-electron chi connectivity index (χ2n) is 9.80. The zero-order chi connectivity index (χ0) is 22.9. The van der Waals surface area contributed by atoms with Gasteiger partial charge in [0, 0.05) is 25.0 Å². The molecule has 1 N–H and O–H groups in total. The molecule has 2 aromatic rings. The molecule has 0 spiro atoms. The van der Waals surface area contributed by atoms with Gasteiger partial charge in [0.05, 0.1) is 11.1 Å². The van der Waals surface area contributed by atoms with Gasteiger partial charge in [-0.25, -0.2) is 0 Å². The SMILES string of the molecule is CCn1nc(CCO[Si](C(C)C)(C(C)C)C(C)C)c(=O)c2ccc(C(C)(C)O)cc21. The van der Waals surface area contributed by atoms with Crippen LogP contribution < -0.4 is 5.43 Å². The topological polar surface area (TPSA) is 64.4 Å². The van der Waals surface area contributed by atoms with Crippen molar-refractivity contribution in [2.24, 2.45) is 0 Å². The van der Waals surface area contributed by atoms with Crippen molar-refractivity contribution in [2.75, 3.05) is 6.61 Å². The van der Waals surface area contributed by atoms with Gasteiger partial charge in [0.25, 0.3) is 0 Å². The van der Waals surface area contributed by atoms with Gasteiger partial charge in [0.2, 0.25) is 5.43 Å². The molecule has 168 valence electrons. The average molecular weight is 433 g/mol. The second-order valence-corrected chi connectivity index (χ2v) is 15.3. The van der Waals surface area contributed by atoms with E-state index in [1.807, 2.05) is 29.8 Å². The van der Waals surface area contributed by atoms with Crippen LogP contribution in [0.5, 0.6) is 0 Å². The largest absolute Gasteiger partial charge is 0.416 e. The number of aromatic nitrogens is 2. The van der Waals surface area contributed by atoms with E-state index < -0.39 is 13.9 Å². The first kappa shape index (κ1) is 24.8. The zero-order valence-electron chi connectivity index (χ0n) is 20.2. The number of hydrogen-bond acceptors (Lipinski definition) is 4. The minimum atomic E-state index is -1.97. The Kier molecular flexibility index (Phi) is 7.70. The third-order valence-electron chi connectivity index (χ3n) is 6.43. The highest BCUT2D eigenvalue weighted by atomic mass is 28.4. The van der Waals surface area contributed by atoms with E-state index in [1.54, 1.807) is 13.8 Å². The average Bonchev–Trinajstić information content (AvgIpc) is 2.64. The zero-order valence-corrected chi connectivity index (χ0v) is 21.2. The maximum atomic E-state index is 13.1. The van der Waals surface area contributed by atoms with Crippen LogP contribution in [0.25, 0.3) is 10.9 Å². The van der Waals surface area contributed by atoms with Gasteiger partial charge in [0.15, 0.2) is 8.32 Å². The fraction of sp³-hybridized carbons (Fsp3) is 0.667. The van der Waals surface area contributed by atoms with Gasteiger partial charge in [-0.15, -0.1) is 0 Å². The van der Waals surface area contributed by atoms with Crippen molar-refractivity contribution >= 4 is 19.2 Å². The van der Waals surface area contributed by atoms with E-state index in [9.17, 15) is 9.90 Å². The fourth-order valence-corrected chi connectivity index (χ4v) is 10.4. The standard InChI is InChI=1S/C24H40N2O3Si/c1-10-26-22-15-19(24(8,9)28)11-12-20(22)23(27)21(25-26)13-14-29-30(16(2)3,17(4)5)18(6)7/h11-12,15-18,28H,10,13-14H2,1-9H3. The Morgan fingerprint density at radius 2 is 1.67 bits per heavy atom. The number of hydrogen-bond donors (Lipinski definition) is 1. The van der Waals surface area contributed by atoms with Gasteiger partial charge in [0.1, 0.15) is 5.69 Å². The monoisotopic (exact) mass is 432 g/mol. The van der Waals surface area contributed by atoms with Crippen LogP contribution in [-0.2, 0) is 23.0 Å². The summed E-state index contributed by atoms with van der Waals surface area (Å²) in [7, 11) is -1.97. The summed E-state index contributed by atoms with van der Waals surface area (Å²) in [6, 6.07) is 5.53. The molecule has 0 saturated carbocycles. The Labute approximate surface area is 182 Å². The van der Waals surface area contributed by atoms with Crippen LogP contribution in [0.2, 0.25) is 16.6 Å². The van der Waals surface area contributed by atoms with Crippen LogP contribution in [0.3, 0.4) is 0 Å². The molecular formula is C24H40N2O3Si. The maximum absolute atomic E-state index is 13.1. The molecule has 0 bridgehead atoms. The molecule has 0 aliphatic heterocycles. The summed E-state index contributed by atoms with van der Waals surface area (Å²) in [5.41, 5.74) is 2.62. The Morgan fingerprint density at radius 3 is 2.13 bits per heavy atom. The molecular weight excluding hydrogens is 392 g/mol. The molecule has 0 fully saturated rings. The Hall–Kier alpha value is -1.50. The lowest BCUT2D eigenvalue weighted by molar-refractivity contribution is 0.0787. The van der Waals surface area contributed by atoms with E-state index in [1.165, 1.54) is 0 Å². The van der Waals surface area contributed by atoms with Crippen molar-refractivity contribution in [1.29, 1.82) is 0 Å². The van der Waals surface area contributed by atoms with Crippen molar-refractivity contribution in [3.63, 3.8) is 0 Å². The van der Waals surface area contributed by atoms with Crippen LogP contribution in [0.1, 0.15) is 73.6 Å². The number of nitrogens with zero attached hydrogens (tertiary/aromatic N) is 2. The molecule has 0 atom stereocenters. The predicted molar refractivity (Wildman–Crippen MR) is 128 cm³/mol. The lowest BCUT2D eigenvalue weighted by Crippen LogP contribution is -2.48. The van der Waals surface area contributed by atoms with Crippen LogP contribution >= 0.6 is 0 Å². The first-order valence-corrected chi connectivity index (χ1v) is 13.4. The van der Waals surface area contributed by atoms with Crippen LogP contribution in [0, 0.1) is 0 Å².